The van der Waals surface area contributed by atoms with E-state index in [0.717, 1.165) is 5.56 Å². The van der Waals surface area contributed by atoms with Crippen LogP contribution in [0.2, 0.25) is 0 Å². The summed E-state index contributed by atoms with van der Waals surface area (Å²) in [5, 5.41) is 8.84. The lowest BCUT2D eigenvalue weighted by Gasteiger charge is -2.11. The van der Waals surface area contributed by atoms with Gasteiger partial charge in [-0.2, -0.15) is 5.26 Å². The molecule has 0 fully saturated rings. The maximum Gasteiger partial charge on any atom is 0.162 e. The van der Waals surface area contributed by atoms with Crippen LogP contribution in [0, 0.1) is 14.9 Å². The minimum absolute atomic E-state index is 0.471. The van der Waals surface area contributed by atoms with Gasteiger partial charge in [0.05, 0.1) is 18.7 Å². The number of nitrogens with zero attached hydrogens (tertiary/aromatic N) is 1. The minimum atomic E-state index is 0.471. The summed E-state index contributed by atoms with van der Waals surface area (Å²) in [5.74, 6) is 1.21. The van der Waals surface area contributed by atoms with E-state index in [1.807, 2.05) is 18.2 Å². The quantitative estimate of drug-likeness (QED) is 0.775. The fourth-order valence-corrected chi connectivity index (χ4v) is 2.25. The smallest absolute Gasteiger partial charge is 0.162 e. The van der Waals surface area contributed by atoms with Gasteiger partial charge in [-0.05, 0) is 52.4 Å². The van der Waals surface area contributed by atoms with Gasteiger partial charge < -0.3 is 9.47 Å². The number of hydrogen-bond donors (Lipinski definition) is 0. The molecule has 0 spiro atoms. The number of halogens is 1. The Labute approximate surface area is 125 Å². The number of methoxy groups -OCH3 is 1. The Morgan fingerprint density at radius 1 is 1.16 bits per heavy atom. The number of rotatable bonds is 4. The molecule has 0 saturated carbocycles. The first kappa shape index (κ1) is 13.7. The maximum absolute atomic E-state index is 8.84. The monoisotopic (exact) mass is 365 g/mol. The molecule has 0 aliphatic carbocycles. The first-order valence-electron chi connectivity index (χ1n) is 5.68. The molecule has 2 rings (SSSR count). The third-order valence-corrected chi connectivity index (χ3v) is 3.25. The van der Waals surface area contributed by atoms with E-state index in [-0.39, 0.29) is 0 Å². The van der Waals surface area contributed by atoms with Gasteiger partial charge in [-0.3, -0.25) is 0 Å². The molecule has 0 atom stereocenters. The van der Waals surface area contributed by atoms with E-state index in [1.54, 1.807) is 25.3 Å². The first-order chi connectivity index (χ1) is 9.22. The summed E-state index contributed by atoms with van der Waals surface area (Å²) in [6, 6.07) is 15.3. The second-order valence-electron chi connectivity index (χ2n) is 3.90. The molecular weight excluding hydrogens is 353 g/mol. The van der Waals surface area contributed by atoms with E-state index in [0.29, 0.717) is 23.7 Å². The normalized spacial score (nSPS) is 9.74. The van der Waals surface area contributed by atoms with Crippen LogP contribution in [0.25, 0.3) is 0 Å². The highest BCUT2D eigenvalue weighted by Crippen LogP contribution is 2.28. The van der Waals surface area contributed by atoms with Crippen LogP contribution < -0.4 is 9.47 Å². The van der Waals surface area contributed by atoms with Crippen LogP contribution in [0.4, 0.5) is 0 Å². The van der Waals surface area contributed by atoms with Crippen molar-refractivity contribution in [2.45, 2.75) is 6.61 Å². The predicted molar refractivity (Wildman–Crippen MR) is 81.2 cm³/mol. The number of ether oxygens (including phenoxy) is 2. The van der Waals surface area contributed by atoms with Gasteiger partial charge in [0, 0.05) is 9.64 Å². The fourth-order valence-electron chi connectivity index (χ4n) is 1.64. The average molecular weight is 365 g/mol. The van der Waals surface area contributed by atoms with Gasteiger partial charge >= 0.3 is 0 Å². The Bertz CT molecular complexity index is 620. The lowest BCUT2D eigenvalue weighted by Crippen LogP contribution is -1.98. The lowest BCUT2D eigenvalue weighted by molar-refractivity contribution is 0.284. The van der Waals surface area contributed by atoms with Crippen LogP contribution >= 0.6 is 22.6 Å². The van der Waals surface area contributed by atoms with Crippen molar-refractivity contribution in [3.05, 3.63) is 57.2 Å². The number of hydrogen-bond acceptors (Lipinski definition) is 3. The first-order valence-corrected chi connectivity index (χ1v) is 6.76. The van der Waals surface area contributed by atoms with Crippen molar-refractivity contribution >= 4 is 22.6 Å². The molecule has 2 aromatic rings. The zero-order valence-corrected chi connectivity index (χ0v) is 12.5. The van der Waals surface area contributed by atoms with Gasteiger partial charge in [-0.15, -0.1) is 0 Å². The minimum Gasteiger partial charge on any atom is -0.493 e. The lowest BCUT2D eigenvalue weighted by atomic mass is 10.2. The summed E-state index contributed by atoms with van der Waals surface area (Å²) < 4.78 is 12.1. The number of benzene rings is 2. The Kier molecular flexibility index (Phi) is 4.63. The van der Waals surface area contributed by atoms with Crippen molar-refractivity contribution < 1.29 is 9.47 Å². The Morgan fingerprint density at radius 2 is 2.00 bits per heavy atom. The van der Waals surface area contributed by atoms with Crippen LogP contribution in [-0.2, 0) is 6.61 Å². The molecule has 2 aromatic carbocycles. The molecule has 0 aliphatic heterocycles. The standard InChI is InChI=1S/C15H12INO2/c1-18-15-8-11(9-17)5-6-14(15)19-10-12-3-2-4-13(16)7-12/h2-8H,10H2,1H3. The third-order valence-electron chi connectivity index (χ3n) is 2.58. The van der Waals surface area contributed by atoms with Crippen molar-refractivity contribution in [1.82, 2.24) is 0 Å². The van der Waals surface area contributed by atoms with E-state index in [1.165, 1.54) is 3.57 Å². The van der Waals surface area contributed by atoms with Gasteiger partial charge in [-0.1, -0.05) is 12.1 Å². The van der Waals surface area contributed by atoms with E-state index in [2.05, 4.69) is 34.7 Å². The van der Waals surface area contributed by atoms with E-state index < -0.39 is 0 Å². The molecule has 3 nitrogen and oxygen atoms in total. The van der Waals surface area contributed by atoms with Crippen molar-refractivity contribution in [2.24, 2.45) is 0 Å². The van der Waals surface area contributed by atoms with Crippen molar-refractivity contribution in [1.29, 1.82) is 5.26 Å². The molecule has 0 saturated heterocycles. The molecule has 0 aromatic heterocycles. The second kappa shape index (κ2) is 6.43. The predicted octanol–water partition coefficient (Wildman–Crippen LogP) is 3.75. The van der Waals surface area contributed by atoms with Crippen molar-refractivity contribution in [3.63, 3.8) is 0 Å². The van der Waals surface area contributed by atoms with Crippen LogP contribution in [0.15, 0.2) is 42.5 Å². The molecule has 0 radical (unpaired) electrons. The number of nitriles is 1. The fraction of sp³-hybridized carbons (Fsp3) is 0.133. The van der Waals surface area contributed by atoms with Crippen LogP contribution in [0.5, 0.6) is 11.5 Å². The van der Waals surface area contributed by atoms with Gasteiger partial charge in [0.15, 0.2) is 11.5 Å². The molecule has 0 N–H and O–H groups in total. The van der Waals surface area contributed by atoms with Crippen molar-refractivity contribution in [3.8, 4) is 17.6 Å². The van der Waals surface area contributed by atoms with Gasteiger partial charge in [-0.25, -0.2) is 0 Å². The molecule has 0 unspecified atom stereocenters. The van der Waals surface area contributed by atoms with Gasteiger partial charge in [0.2, 0.25) is 0 Å². The Balaban J connectivity index is 2.13. The molecule has 19 heavy (non-hydrogen) atoms. The second-order valence-corrected chi connectivity index (χ2v) is 5.14. The van der Waals surface area contributed by atoms with E-state index in [9.17, 15) is 0 Å². The van der Waals surface area contributed by atoms with Crippen LogP contribution in [0.3, 0.4) is 0 Å². The molecule has 0 bridgehead atoms. The summed E-state index contributed by atoms with van der Waals surface area (Å²) in [6.07, 6.45) is 0. The molecule has 0 amide bonds. The molecular formula is C15H12INO2. The molecule has 0 aliphatic rings. The SMILES string of the molecule is COc1cc(C#N)ccc1OCc1cccc(I)c1. The zero-order chi connectivity index (χ0) is 13.7. The van der Waals surface area contributed by atoms with E-state index >= 15 is 0 Å². The Hall–Kier alpha value is -1.74. The van der Waals surface area contributed by atoms with Crippen molar-refractivity contribution in [2.75, 3.05) is 7.11 Å². The summed E-state index contributed by atoms with van der Waals surface area (Å²) in [4.78, 5) is 0. The highest BCUT2D eigenvalue weighted by Gasteiger charge is 2.06. The summed E-state index contributed by atoms with van der Waals surface area (Å²) in [5.41, 5.74) is 1.65. The van der Waals surface area contributed by atoms with Gasteiger partial charge in [0.1, 0.15) is 6.61 Å². The maximum atomic E-state index is 8.84. The molecule has 96 valence electrons. The Morgan fingerprint density at radius 3 is 2.68 bits per heavy atom. The highest BCUT2D eigenvalue weighted by molar-refractivity contribution is 14.1. The summed E-state index contributed by atoms with van der Waals surface area (Å²) in [7, 11) is 1.56. The van der Waals surface area contributed by atoms with E-state index in [4.69, 9.17) is 14.7 Å². The van der Waals surface area contributed by atoms with Gasteiger partial charge in [0.25, 0.3) is 0 Å². The third kappa shape index (κ3) is 3.61. The van der Waals surface area contributed by atoms with Crippen LogP contribution in [0.1, 0.15) is 11.1 Å². The molecule has 0 heterocycles. The molecule has 4 heteroatoms. The summed E-state index contributed by atoms with van der Waals surface area (Å²) in [6.45, 7) is 0.471. The highest BCUT2D eigenvalue weighted by atomic mass is 127. The average Bonchev–Trinajstić information content (AvgIpc) is 2.45. The topological polar surface area (TPSA) is 42.2 Å². The zero-order valence-electron chi connectivity index (χ0n) is 10.4. The summed E-state index contributed by atoms with van der Waals surface area (Å²) >= 11 is 2.27. The largest absolute Gasteiger partial charge is 0.493 e. The van der Waals surface area contributed by atoms with Crippen LogP contribution in [-0.4, -0.2) is 7.11 Å².